The normalized spacial score (nSPS) is 19.7. The highest BCUT2D eigenvalue weighted by Crippen LogP contribution is 2.30. The third-order valence-corrected chi connectivity index (χ3v) is 2.64. The SMILES string of the molecule is Nn1cnc(C2CCCCC2)c1. The predicted molar refractivity (Wildman–Crippen MR) is 48.2 cm³/mol. The summed E-state index contributed by atoms with van der Waals surface area (Å²) >= 11 is 0. The molecule has 0 bridgehead atoms. The molecule has 12 heavy (non-hydrogen) atoms. The van der Waals surface area contributed by atoms with E-state index in [1.54, 1.807) is 11.0 Å². The zero-order valence-electron chi connectivity index (χ0n) is 7.24. The molecule has 1 aromatic rings. The zero-order chi connectivity index (χ0) is 8.39. The van der Waals surface area contributed by atoms with Crippen LogP contribution in [0.3, 0.4) is 0 Å². The van der Waals surface area contributed by atoms with Crippen molar-refractivity contribution in [1.82, 2.24) is 9.66 Å². The van der Waals surface area contributed by atoms with E-state index in [0.29, 0.717) is 5.92 Å². The number of nitrogens with two attached hydrogens (primary N) is 1. The van der Waals surface area contributed by atoms with Gasteiger partial charge in [-0.1, -0.05) is 19.3 Å². The van der Waals surface area contributed by atoms with Gasteiger partial charge in [0.2, 0.25) is 0 Å². The summed E-state index contributed by atoms with van der Waals surface area (Å²) in [5.41, 5.74) is 1.18. The van der Waals surface area contributed by atoms with Crippen LogP contribution in [0.2, 0.25) is 0 Å². The highest BCUT2D eigenvalue weighted by molar-refractivity contribution is 5.05. The molecule has 2 rings (SSSR count). The maximum atomic E-state index is 5.54. The average Bonchev–Trinajstić information content (AvgIpc) is 2.54. The average molecular weight is 165 g/mol. The Bertz CT molecular complexity index is 248. The van der Waals surface area contributed by atoms with Gasteiger partial charge < -0.3 is 5.84 Å². The van der Waals surface area contributed by atoms with Crippen molar-refractivity contribution in [2.45, 2.75) is 38.0 Å². The van der Waals surface area contributed by atoms with Gasteiger partial charge in [0.1, 0.15) is 6.33 Å². The van der Waals surface area contributed by atoms with Gasteiger partial charge in [0.05, 0.1) is 5.69 Å². The van der Waals surface area contributed by atoms with Gasteiger partial charge in [-0.3, -0.25) is 4.68 Å². The number of hydrogen-bond acceptors (Lipinski definition) is 2. The fourth-order valence-corrected chi connectivity index (χ4v) is 1.96. The van der Waals surface area contributed by atoms with Gasteiger partial charge in [-0.25, -0.2) is 4.98 Å². The quantitative estimate of drug-likeness (QED) is 0.643. The van der Waals surface area contributed by atoms with Crippen molar-refractivity contribution in [3.63, 3.8) is 0 Å². The van der Waals surface area contributed by atoms with E-state index >= 15 is 0 Å². The summed E-state index contributed by atoms with van der Waals surface area (Å²) in [7, 11) is 0. The number of aromatic nitrogens is 2. The van der Waals surface area contributed by atoms with Gasteiger partial charge in [0.15, 0.2) is 0 Å². The molecule has 0 aromatic carbocycles. The molecular weight excluding hydrogens is 150 g/mol. The van der Waals surface area contributed by atoms with Crippen LogP contribution in [0.4, 0.5) is 0 Å². The number of rotatable bonds is 1. The fraction of sp³-hybridized carbons (Fsp3) is 0.667. The number of imidazole rings is 1. The van der Waals surface area contributed by atoms with Crippen molar-refractivity contribution in [1.29, 1.82) is 0 Å². The smallest absolute Gasteiger partial charge is 0.114 e. The summed E-state index contributed by atoms with van der Waals surface area (Å²) in [5, 5.41) is 0. The van der Waals surface area contributed by atoms with Crippen molar-refractivity contribution >= 4 is 0 Å². The number of hydrogen-bond donors (Lipinski definition) is 1. The van der Waals surface area contributed by atoms with Crippen LogP contribution in [0.1, 0.15) is 43.7 Å². The molecule has 0 atom stereocenters. The summed E-state index contributed by atoms with van der Waals surface area (Å²) in [6, 6.07) is 0. The van der Waals surface area contributed by atoms with Crippen molar-refractivity contribution < 1.29 is 0 Å². The third kappa shape index (κ3) is 1.44. The van der Waals surface area contributed by atoms with E-state index in [9.17, 15) is 0 Å². The van der Waals surface area contributed by atoms with E-state index in [1.165, 1.54) is 37.8 Å². The molecule has 0 saturated heterocycles. The van der Waals surface area contributed by atoms with Crippen LogP contribution >= 0.6 is 0 Å². The molecule has 1 aliphatic rings. The highest BCUT2D eigenvalue weighted by Gasteiger charge is 2.16. The Morgan fingerprint density at radius 3 is 2.67 bits per heavy atom. The van der Waals surface area contributed by atoms with E-state index in [-0.39, 0.29) is 0 Å². The molecule has 0 amide bonds. The molecule has 3 heteroatoms. The minimum Gasteiger partial charge on any atom is -0.338 e. The lowest BCUT2D eigenvalue weighted by atomic mass is 9.87. The van der Waals surface area contributed by atoms with Gasteiger partial charge in [-0.2, -0.15) is 0 Å². The van der Waals surface area contributed by atoms with Gasteiger partial charge in [-0.15, -0.1) is 0 Å². The van der Waals surface area contributed by atoms with Crippen LogP contribution in [-0.2, 0) is 0 Å². The molecule has 1 heterocycles. The lowest BCUT2D eigenvalue weighted by Gasteiger charge is -2.19. The maximum Gasteiger partial charge on any atom is 0.114 e. The van der Waals surface area contributed by atoms with E-state index in [4.69, 9.17) is 5.84 Å². The van der Waals surface area contributed by atoms with E-state index in [1.807, 2.05) is 6.20 Å². The summed E-state index contributed by atoms with van der Waals surface area (Å²) < 4.78 is 1.55. The van der Waals surface area contributed by atoms with Crippen molar-refractivity contribution in [2.24, 2.45) is 0 Å². The first kappa shape index (κ1) is 7.65. The minimum absolute atomic E-state index is 0.670. The largest absolute Gasteiger partial charge is 0.338 e. The first-order chi connectivity index (χ1) is 5.86. The lowest BCUT2D eigenvalue weighted by molar-refractivity contribution is 0.437. The highest BCUT2D eigenvalue weighted by atomic mass is 15.3. The first-order valence-corrected chi connectivity index (χ1v) is 4.65. The monoisotopic (exact) mass is 165 g/mol. The van der Waals surface area contributed by atoms with Crippen LogP contribution in [0.5, 0.6) is 0 Å². The Hall–Kier alpha value is -0.990. The van der Waals surface area contributed by atoms with Crippen LogP contribution in [0.25, 0.3) is 0 Å². The summed E-state index contributed by atoms with van der Waals surface area (Å²) in [6.07, 6.45) is 10.3. The molecule has 2 N–H and O–H groups in total. The lowest BCUT2D eigenvalue weighted by Crippen LogP contribution is -2.06. The van der Waals surface area contributed by atoms with Gasteiger partial charge >= 0.3 is 0 Å². The molecule has 1 aromatic heterocycles. The van der Waals surface area contributed by atoms with Gasteiger partial charge in [-0.05, 0) is 12.8 Å². The van der Waals surface area contributed by atoms with Crippen LogP contribution in [-0.4, -0.2) is 9.66 Å². The summed E-state index contributed by atoms with van der Waals surface area (Å²) in [6.45, 7) is 0. The second kappa shape index (κ2) is 3.17. The predicted octanol–water partition coefficient (Wildman–Crippen LogP) is 1.64. The van der Waals surface area contributed by atoms with Gasteiger partial charge in [0.25, 0.3) is 0 Å². The topological polar surface area (TPSA) is 43.8 Å². The second-order valence-corrected chi connectivity index (χ2v) is 3.58. The fourth-order valence-electron chi connectivity index (χ4n) is 1.96. The Balaban J connectivity index is 2.08. The molecule has 1 aliphatic carbocycles. The zero-order valence-corrected chi connectivity index (χ0v) is 7.24. The summed E-state index contributed by atoms with van der Waals surface area (Å²) in [4.78, 5) is 4.28. The van der Waals surface area contributed by atoms with Crippen LogP contribution < -0.4 is 5.84 Å². The number of nitrogen functional groups attached to an aromatic ring is 1. The molecule has 1 fully saturated rings. The van der Waals surface area contributed by atoms with Crippen molar-refractivity contribution in [2.75, 3.05) is 5.84 Å². The molecule has 0 unspecified atom stereocenters. The molecule has 0 aliphatic heterocycles. The number of nitrogens with zero attached hydrogens (tertiary/aromatic N) is 2. The Morgan fingerprint density at radius 2 is 2.08 bits per heavy atom. The molecule has 3 nitrogen and oxygen atoms in total. The standard InChI is InChI=1S/C9H15N3/c10-12-6-9(11-7-12)8-4-2-1-3-5-8/h6-8H,1-5,10H2. The first-order valence-electron chi connectivity index (χ1n) is 4.65. The van der Waals surface area contributed by atoms with Gasteiger partial charge in [0, 0.05) is 12.1 Å². The summed E-state index contributed by atoms with van der Waals surface area (Å²) in [5.74, 6) is 6.21. The van der Waals surface area contributed by atoms with Crippen molar-refractivity contribution in [3.05, 3.63) is 18.2 Å². The third-order valence-electron chi connectivity index (χ3n) is 2.64. The van der Waals surface area contributed by atoms with Crippen LogP contribution in [0.15, 0.2) is 12.5 Å². The minimum atomic E-state index is 0.670. The molecule has 0 spiro atoms. The Kier molecular flexibility index (Phi) is 2.02. The van der Waals surface area contributed by atoms with E-state index in [2.05, 4.69) is 4.98 Å². The Labute approximate surface area is 72.6 Å². The van der Waals surface area contributed by atoms with E-state index in [0.717, 1.165) is 0 Å². The Morgan fingerprint density at radius 1 is 1.33 bits per heavy atom. The second-order valence-electron chi connectivity index (χ2n) is 3.58. The molecule has 66 valence electrons. The van der Waals surface area contributed by atoms with E-state index < -0.39 is 0 Å². The van der Waals surface area contributed by atoms with Crippen molar-refractivity contribution in [3.8, 4) is 0 Å². The molecular formula is C9H15N3. The molecule has 1 saturated carbocycles. The maximum absolute atomic E-state index is 5.54. The molecule has 0 radical (unpaired) electrons. The van der Waals surface area contributed by atoms with Crippen LogP contribution in [0, 0.1) is 0 Å².